The number of hydrogen-bond acceptors (Lipinski definition) is 4. The molecule has 0 saturated carbocycles. The number of nitrogens with one attached hydrogen (secondary N) is 1. The summed E-state index contributed by atoms with van der Waals surface area (Å²) in [4.78, 5) is 13.2. The summed E-state index contributed by atoms with van der Waals surface area (Å²) in [5.41, 5.74) is 3.67. The standard InChI is InChI=1S/C14H16ClN3O/c15-12-3-1-10(2-4-12)13-16-14(19-17-13)9-18-7-5-11(14)6-8-18/h1-4,11H,5-9H2,(H,16,17)/t14-/m0/s1. The van der Waals surface area contributed by atoms with Gasteiger partial charge in [0.25, 0.3) is 0 Å². The van der Waals surface area contributed by atoms with Crippen LogP contribution >= 0.6 is 11.6 Å². The minimum atomic E-state index is -0.370. The Labute approximate surface area is 117 Å². The van der Waals surface area contributed by atoms with Crippen LogP contribution < -0.4 is 5.48 Å². The second-order valence-electron chi connectivity index (χ2n) is 5.57. The van der Waals surface area contributed by atoms with Crippen molar-refractivity contribution in [2.75, 3.05) is 19.6 Å². The van der Waals surface area contributed by atoms with Gasteiger partial charge in [0, 0.05) is 16.5 Å². The van der Waals surface area contributed by atoms with Gasteiger partial charge in [0.15, 0.2) is 5.84 Å². The highest BCUT2D eigenvalue weighted by molar-refractivity contribution is 6.30. The molecule has 0 unspecified atom stereocenters. The van der Waals surface area contributed by atoms with Gasteiger partial charge < -0.3 is 0 Å². The van der Waals surface area contributed by atoms with Crippen LogP contribution in [0.1, 0.15) is 18.4 Å². The summed E-state index contributed by atoms with van der Waals surface area (Å²) in [6, 6.07) is 7.70. The smallest absolute Gasteiger partial charge is 0.202 e. The van der Waals surface area contributed by atoms with Crippen LogP contribution in [0.25, 0.3) is 0 Å². The Morgan fingerprint density at radius 3 is 2.63 bits per heavy atom. The summed E-state index contributed by atoms with van der Waals surface area (Å²) in [7, 11) is 0. The van der Waals surface area contributed by atoms with Crippen LogP contribution in [0.5, 0.6) is 0 Å². The molecule has 5 heteroatoms. The van der Waals surface area contributed by atoms with Gasteiger partial charge in [-0.05, 0) is 50.2 Å². The molecular formula is C14H16ClN3O. The lowest BCUT2D eigenvalue weighted by Gasteiger charge is -2.47. The number of rotatable bonds is 1. The largest absolute Gasteiger partial charge is 0.298 e. The second kappa shape index (κ2) is 4.20. The molecule has 4 nitrogen and oxygen atoms in total. The van der Waals surface area contributed by atoms with Gasteiger partial charge in [-0.3, -0.25) is 4.90 Å². The van der Waals surface area contributed by atoms with E-state index in [1.165, 1.54) is 25.9 Å². The maximum absolute atomic E-state index is 5.91. The fraction of sp³-hybridized carbons (Fsp3) is 0.500. The Hall–Kier alpha value is -1.10. The van der Waals surface area contributed by atoms with Crippen molar-refractivity contribution in [1.29, 1.82) is 0 Å². The number of halogens is 1. The van der Waals surface area contributed by atoms with Crippen molar-refractivity contribution < 1.29 is 4.84 Å². The zero-order valence-corrected chi connectivity index (χ0v) is 11.4. The van der Waals surface area contributed by atoms with Crippen molar-refractivity contribution in [2.45, 2.75) is 18.6 Å². The molecule has 1 spiro atoms. The molecule has 1 N–H and O–H groups in total. The maximum Gasteiger partial charge on any atom is 0.202 e. The quantitative estimate of drug-likeness (QED) is 0.854. The highest BCUT2D eigenvalue weighted by Crippen LogP contribution is 2.40. The third kappa shape index (κ3) is 1.86. The lowest BCUT2D eigenvalue weighted by Crippen LogP contribution is -2.58. The molecule has 4 heterocycles. The molecule has 0 amide bonds. The number of hydrogen-bond donors (Lipinski definition) is 1. The number of piperidine rings is 3. The molecule has 5 rings (SSSR count). The van der Waals surface area contributed by atoms with E-state index in [2.05, 4.69) is 10.4 Å². The molecule has 1 atom stereocenters. The molecular weight excluding hydrogens is 262 g/mol. The fourth-order valence-electron chi connectivity index (χ4n) is 3.34. The summed E-state index contributed by atoms with van der Waals surface area (Å²) in [6.45, 7) is 3.27. The molecule has 4 aliphatic heterocycles. The van der Waals surface area contributed by atoms with E-state index in [-0.39, 0.29) is 5.72 Å². The number of aliphatic imine (C=N–C) groups is 1. The Balaban J connectivity index is 1.65. The van der Waals surface area contributed by atoms with Gasteiger partial charge in [0.2, 0.25) is 5.72 Å². The summed E-state index contributed by atoms with van der Waals surface area (Å²) in [6.07, 6.45) is 2.36. The number of fused-ring (bicyclic) bond motifs is 2. The van der Waals surface area contributed by atoms with Crippen LogP contribution in [0.4, 0.5) is 0 Å². The van der Waals surface area contributed by atoms with Gasteiger partial charge in [0.05, 0.1) is 6.54 Å². The van der Waals surface area contributed by atoms with Gasteiger partial charge in [-0.25, -0.2) is 15.3 Å². The predicted molar refractivity (Wildman–Crippen MR) is 74.1 cm³/mol. The number of amidine groups is 1. The molecule has 0 radical (unpaired) electrons. The first-order valence-corrected chi connectivity index (χ1v) is 7.15. The van der Waals surface area contributed by atoms with E-state index in [9.17, 15) is 0 Å². The number of hydroxylamine groups is 1. The Kier molecular flexibility index (Phi) is 2.59. The zero-order chi connectivity index (χ0) is 12.9. The highest BCUT2D eigenvalue weighted by Gasteiger charge is 2.51. The SMILES string of the molecule is Clc1ccc(C2=N[C@@]3(CN4CCC3CC4)ON2)cc1. The van der Waals surface area contributed by atoms with E-state index in [0.29, 0.717) is 5.92 Å². The predicted octanol–water partition coefficient (Wildman–Crippen LogP) is 2.04. The maximum atomic E-state index is 5.91. The first-order chi connectivity index (χ1) is 9.25. The van der Waals surface area contributed by atoms with Gasteiger partial charge in [-0.2, -0.15) is 0 Å². The van der Waals surface area contributed by atoms with E-state index in [1.807, 2.05) is 24.3 Å². The summed E-state index contributed by atoms with van der Waals surface area (Å²) < 4.78 is 0. The van der Waals surface area contributed by atoms with E-state index in [1.54, 1.807) is 0 Å². The van der Waals surface area contributed by atoms with Crippen molar-refractivity contribution in [3.8, 4) is 0 Å². The summed E-state index contributed by atoms with van der Waals surface area (Å²) in [5, 5.41) is 0.737. The van der Waals surface area contributed by atoms with Gasteiger partial charge in [-0.15, -0.1) is 0 Å². The minimum Gasteiger partial charge on any atom is -0.298 e. The van der Waals surface area contributed by atoms with Crippen LogP contribution in [0.2, 0.25) is 5.02 Å². The lowest BCUT2D eigenvalue weighted by atomic mass is 9.81. The molecule has 3 fully saturated rings. The van der Waals surface area contributed by atoms with Crippen molar-refractivity contribution in [3.63, 3.8) is 0 Å². The third-order valence-corrected chi connectivity index (χ3v) is 4.67. The Morgan fingerprint density at radius 2 is 2.00 bits per heavy atom. The minimum absolute atomic E-state index is 0.370. The van der Waals surface area contributed by atoms with Crippen molar-refractivity contribution in [3.05, 3.63) is 34.9 Å². The molecule has 1 aromatic carbocycles. The van der Waals surface area contributed by atoms with Gasteiger partial charge in [-0.1, -0.05) is 11.6 Å². The molecule has 3 saturated heterocycles. The second-order valence-corrected chi connectivity index (χ2v) is 6.00. The fourth-order valence-corrected chi connectivity index (χ4v) is 3.46. The van der Waals surface area contributed by atoms with Crippen LogP contribution in [-0.4, -0.2) is 36.1 Å². The molecule has 2 bridgehead atoms. The number of nitrogens with zero attached hydrogens (tertiary/aromatic N) is 2. The van der Waals surface area contributed by atoms with Crippen molar-refractivity contribution >= 4 is 17.4 Å². The van der Waals surface area contributed by atoms with Crippen LogP contribution in [0.15, 0.2) is 29.3 Å². The van der Waals surface area contributed by atoms with Crippen molar-refractivity contribution in [1.82, 2.24) is 10.4 Å². The zero-order valence-electron chi connectivity index (χ0n) is 10.6. The topological polar surface area (TPSA) is 36.9 Å². The first kappa shape index (κ1) is 11.7. The Morgan fingerprint density at radius 1 is 1.26 bits per heavy atom. The van der Waals surface area contributed by atoms with Crippen molar-refractivity contribution in [2.24, 2.45) is 10.9 Å². The molecule has 19 heavy (non-hydrogen) atoms. The summed E-state index contributed by atoms with van der Waals surface area (Å²) >= 11 is 5.91. The van der Waals surface area contributed by atoms with Gasteiger partial charge >= 0.3 is 0 Å². The molecule has 0 aliphatic carbocycles. The van der Waals surface area contributed by atoms with E-state index >= 15 is 0 Å². The lowest BCUT2D eigenvalue weighted by molar-refractivity contribution is -0.155. The third-order valence-electron chi connectivity index (χ3n) is 4.42. The van der Waals surface area contributed by atoms with E-state index in [0.717, 1.165) is 23.0 Å². The first-order valence-electron chi connectivity index (χ1n) is 6.77. The summed E-state index contributed by atoms with van der Waals surface area (Å²) in [5.74, 6) is 1.36. The van der Waals surface area contributed by atoms with Crippen LogP contribution in [0, 0.1) is 5.92 Å². The number of benzene rings is 1. The molecule has 1 aromatic rings. The van der Waals surface area contributed by atoms with Gasteiger partial charge in [0.1, 0.15) is 0 Å². The van der Waals surface area contributed by atoms with Crippen LogP contribution in [0.3, 0.4) is 0 Å². The van der Waals surface area contributed by atoms with E-state index in [4.69, 9.17) is 21.4 Å². The van der Waals surface area contributed by atoms with E-state index < -0.39 is 0 Å². The van der Waals surface area contributed by atoms with Crippen LogP contribution in [-0.2, 0) is 4.84 Å². The average molecular weight is 278 g/mol. The highest BCUT2D eigenvalue weighted by atomic mass is 35.5. The molecule has 0 aromatic heterocycles. The average Bonchev–Trinajstić information content (AvgIpc) is 2.85. The normalized spacial score (nSPS) is 36.4. The molecule has 4 aliphatic rings. The monoisotopic (exact) mass is 277 g/mol. The molecule has 100 valence electrons. The Bertz CT molecular complexity index is 522.